The second kappa shape index (κ2) is 12.7. The van der Waals surface area contributed by atoms with Crippen molar-refractivity contribution in [3.05, 3.63) is 74.9 Å². The first-order valence-corrected chi connectivity index (χ1v) is 15.4. The molecule has 11 nitrogen and oxygen atoms in total. The first-order valence-electron chi connectivity index (χ1n) is 15.4. The molecule has 1 N–H and O–H groups in total. The van der Waals surface area contributed by atoms with E-state index < -0.39 is 0 Å². The quantitative estimate of drug-likeness (QED) is 0.293. The molecule has 6 rings (SSSR count). The van der Waals surface area contributed by atoms with E-state index in [1.54, 1.807) is 22.7 Å². The van der Waals surface area contributed by atoms with Crippen LogP contribution in [0.25, 0.3) is 11.3 Å². The van der Waals surface area contributed by atoms with Crippen LogP contribution in [0, 0.1) is 20.8 Å². The van der Waals surface area contributed by atoms with Crippen LogP contribution in [0.3, 0.4) is 0 Å². The van der Waals surface area contributed by atoms with Gasteiger partial charge in [0.15, 0.2) is 17.7 Å². The third-order valence-electron chi connectivity index (χ3n) is 8.30. The number of benzene rings is 2. The molecule has 0 radical (unpaired) electrons. The number of aryl methyl sites for hydroxylation is 4. The molecule has 232 valence electrons. The number of rotatable bonds is 9. The first kappa shape index (κ1) is 29.7. The third-order valence-corrected chi connectivity index (χ3v) is 8.30. The molecule has 2 aliphatic rings. The minimum Gasteiger partial charge on any atom is -0.493 e. The Hall–Kier alpha value is -4.38. The van der Waals surface area contributed by atoms with Gasteiger partial charge in [0.05, 0.1) is 25.1 Å². The van der Waals surface area contributed by atoms with Gasteiger partial charge in [0.25, 0.3) is 0 Å². The fourth-order valence-electron chi connectivity index (χ4n) is 6.24. The van der Waals surface area contributed by atoms with E-state index in [4.69, 9.17) is 19.2 Å². The Bertz CT molecular complexity index is 1770. The van der Waals surface area contributed by atoms with Crippen molar-refractivity contribution < 1.29 is 14.2 Å². The molecule has 0 saturated carbocycles. The van der Waals surface area contributed by atoms with Gasteiger partial charge in [-0.15, -0.1) is 5.10 Å². The van der Waals surface area contributed by atoms with E-state index in [1.807, 2.05) is 29.7 Å². The van der Waals surface area contributed by atoms with Gasteiger partial charge in [-0.1, -0.05) is 17.7 Å². The molecule has 2 aliphatic heterocycles. The minimum absolute atomic E-state index is 0.0797. The van der Waals surface area contributed by atoms with Crippen LogP contribution in [-0.4, -0.2) is 50.8 Å². The van der Waals surface area contributed by atoms with Crippen LogP contribution >= 0.6 is 0 Å². The molecule has 44 heavy (non-hydrogen) atoms. The average Bonchev–Trinajstić information content (AvgIpc) is 3.49. The molecule has 4 heterocycles. The van der Waals surface area contributed by atoms with E-state index in [9.17, 15) is 4.79 Å². The predicted octanol–water partition coefficient (Wildman–Crippen LogP) is 4.84. The zero-order chi connectivity index (χ0) is 30.8. The number of ether oxygens (including phenoxy) is 3. The lowest BCUT2D eigenvalue weighted by molar-refractivity contribution is -0.0395. The smallest absolute Gasteiger partial charge is 0.330 e. The first-order chi connectivity index (χ1) is 21.4. The Morgan fingerprint density at radius 1 is 1.09 bits per heavy atom. The van der Waals surface area contributed by atoms with Gasteiger partial charge in [-0.3, -0.25) is 9.13 Å². The van der Waals surface area contributed by atoms with E-state index in [0.717, 1.165) is 59.5 Å². The standard InChI is InChI=1S/C33H41N7O4/c1-6-43-28-17-24-10-12-38-26(25(24)18-27(28)42-5)19-29(36-31-22(3)15-21(2)16-23(31)4)39(33(38)41)13-11-34-32-35-20-40(37-32)30-9-7-8-14-44-30/h15-20,30H,6-14H2,1-5H3,(H,34,37). The lowest BCUT2D eigenvalue weighted by atomic mass is 9.97. The second-order valence-electron chi connectivity index (χ2n) is 11.5. The summed E-state index contributed by atoms with van der Waals surface area (Å²) in [4.78, 5) is 23.7. The average molecular weight is 600 g/mol. The van der Waals surface area contributed by atoms with Crippen LogP contribution < -0.4 is 26.0 Å². The molecule has 2 aromatic carbocycles. The molecule has 1 atom stereocenters. The summed E-state index contributed by atoms with van der Waals surface area (Å²) in [6.45, 7) is 10.8. The van der Waals surface area contributed by atoms with Gasteiger partial charge in [-0.05, 0) is 82.2 Å². The van der Waals surface area contributed by atoms with E-state index in [1.165, 1.54) is 5.56 Å². The summed E-state index contributed by atoms with van der Waals surface area (Å²) >= 11 is 0. The van der Waals surface area contributed by atoms with Crippen molar-refractivity contribution in [3.63, 3.8) is 0 Å². The van der Waals surface area contributed by atoms with Gasteiger partial charge in [-0.25, -0.2) is 19.5 Å². The van der Waals surface area contributed by atoms with Crippen LogP contribution in [0.15, 0.2) is 46.4 Å². The fraction of sp³-hybridized carbons (Fsp3) is 0.455. The van der Waals surface area contributed by atoms with Crippen molar-refractivity contribution in [2.45, 2.75) is 72.7 Å². The second-order valence-corrected chi connectivity index (χ2v) is 11.5. The molecular weight excluding hydrogens is 558 g/mol. The van der Waals surface area contributed by atoms with Crippen molar-refractivity contribution in [2.75, 3.05) is 32.2 Å². The monoisotopic (exact) mass is 599 g/mol. The van der Waals surface area contributed by atoms with Gasteiger partial charge < -0.3 is 19.5 Å². The van der Waals surface area contributed by atoms with Gasteiger partial charge in [0.2, 0.25) is 5.95 Å². The highest BCUT2D eigenvalue weighted by Gasteiger charge is 2.23. The van der Waals surface area contributed by atoms with E-state index in [2.05, 4.69) is 48.3 Å². The van der Waals surface area contributed by atoms with Crippen LogP contribution in [0.2, 0.25) is 0 Å². The molecule has 1 fully saturated rings. The number of methoxy groups -OCH3 is 1. The number of hydrogen-bond donors (Lipinski definition) is 1. The van der Waals surface area contributed by atoms with Crippen molar-refractivity contribution >= 4 is 11.6 Å². The Morgan fingerprint density at radius 2 is 1.91 bits per heavy atom. The number of anilines is 1. The van der Waals surface area contributed by atoms with Gasteiger partial charge in [0, 0.05) is 37.9 Å². The molecule has 0 aliphatic carbocycles. The maximum atomic E-state index is 14.2. The summed E-state index contributed by atoms with van der Waals surface area (Å²) in [6, 6.07) is 10.3. The number of nitrogens with zero attached hydrogens (tertiary/aromatic N) is 6. The van der Waals surface area contributed by atoms with E-state index >= 15 is 0 Å². The Balaban J connectivity index is 1.39. The maximum absolute atomic E-state index is 14.2. The molecular formula is C33H41N7O4. The number of nitrogens with one attached hydrogen (secondary N) is 1. The Kier molecular flexibility index (Phi) is 8.56. The topological polar surface area (TPSA) is 110 Å². The number of hydrogen-bond acceptors (Lipinski definition) is 8. The van der Waals surface area contributed by atoms with Crippen LogP contribution in [0.5, 0.6) is 11.5 Å². The van der Waals surface area contributed by atoms with E-state index in [-0.39, 0.29) is 11.9 Å². The Morgan fingerprint density at radius 3 is 2.64 bits per heavy atom. The molecule has 11 heteroatoms. The Labute approximate surface area is 257 Å². The maximum Gasteiger partial charge on any atom is 0.330 e. The van der Waals surface area contributed by atoms with Crippen molar-refractivity contribution in [1.82, 2.24) is 23.9 Å². The molecule has 1 unspecified atom stereocenters. The normalized spacial score (nSPS) is 16.4. The summed E-state index contributed by atoms with van der Waals surface area (Å²) in [5, 5.41) is 7.86. The fourth-order valence-corrected chi connectivity index (χ4v) is 6.24. The van der Waals surface area contributed by atoms with Gasteiger partial charge in [-0.2, -0.15) is 0 Å². The SMILES string of the molecule is CCOc1cc2c(cc1OC)-c1cc(=Nc3c(C)cc(C)cc3C)n(CCNc3ncn(C4CCCCO4)n3)c(=O)n1CC2. The highest BCUT2D eigenvalue weighted by molar-refractivity contribution is 5.70. The lowest BCUT2D eigenvalue weighted by Crippen LogP contribution is -2.43. The zero-order valence-corrected chi connectivity index (χ0v) is 26.2. The van der Waals surface area contributed by atoms with Gasteiger partial charge in [0.1, 0.15) is 11.8 Å². The number of fused-ring (bicyclic) bond motifs is 3. The zero-order valence-electron chi connectivity index (χ0n) is 26.2. The summed E-state index contributed by atoms with van der Waals surface area (Å²) in [5.74, 6) is 1.86. The molecule has 0 bridgehead atoms. The van der Waals surface area contributed by atoms with Gasteiger partial charge >= 0.3 is 5.69 Å². The highest BCUT2D eigenvalue weighted by Crippen LogP contribution is 2.38. The van der Waals surface area contributed by atoms with E-state index in [0.29, 0.717) is 55.6 Å². The van der Waals surface area contributed by atoms with Crippen molar-refractivity contribution in [2.24, 2.45) is 4.99 Å². The molecule has 4 aromatic rings. The molecule has 2 aromatic heterocycles. The number of aromatic nitrogens is 5. The lowest BCUT2D eigenvalue weighted by Gasteiger charge is -2.25. The molecule has 0 spiro atoms. The minimum atomic E-state index is -0.113. The van der Waals surface area contributed by atoms with Crippen molar-refractivity contribution in [1.29, 1.82) is 0 Å². The third kappa shape index (κ3) is 5.88. The van der Waals surface area contributed by atoms with Crippen molar-refractivity contribution in [3.8, 4) is 22.8 Å². The van der Waals surface area contributed by atoms with Crippen LogP contribution in [0.1, 0.15) is 54.7 Å². The molecule has 0 amide bonds. The largest absolute Gasteiger partial charge is 0.493 e. The van der Waals surface area contributed by atoms with Crippen LogP contribution in [-0.2, 0) is 24.2 Å². The summed E-state index contributed by atoms with van der Waals surface area (Å²) in [5.41, 5.74) is 7.54. The summed E-state index contributed by atoms with van der Waals surface area (Å²) in [7, 11) is 1.63. The van der Waals surface area contributed by atoms with Crippen LogP contribution in [0.4, 0.5) is 11.6 Å². The predicted molar refractivity (Wildman–Crippen MR) is 169 cm³/mol. The summed E-state index contributed by atoms with van der Waals surface area (Å²) < 4.78 is 22.7. The molecule has 1 saturated heterocycles. The highest BCUT2D eigenvalue weighted by atomic mass is 16.5. The summed E-state index contributed by atoms with van der Waals surface area (Å²) in [6.07, 6.45) is 5.45.